The number of carbonyl (C=O) groups is 1. The van der Waals surface area contributed by atoms with Gasteiger partial charge in [-0.05, 0) is 93.1 Å². The number of nitrogens with one attached hydrogen (secondary N) is 2. The Hall–Kier alpha value is -1.91. The van der Waals surface area contributed by atoms with E-state index < -0.39 is 25.9 Å². The molecular weight excluding hydrogens is 462 g/mol. The third-order valence-electron chi connectivity index (χ3n) is 6.80. The van der Waals surface area contributed by atoms with Crippen LogP contribution >= 0.6 is 0 Å². The van der Waals surface area contributed by atoms with Gasteiger partial charge in [0.05, 0.1) is 5.75 Å². The lowest BCUT2D eigenvalue weighted by atomic mass is 9.99. The van der Waals surface area contributed by atoms with E-state index in [1.165, 1.54) is 17.4 Å². The molecule has 1 aromatic rings. The molecule has 0 spiro atoms. The first-order valence-corrected chi connectivity index (χ1v) is 15.3. The molecule has 0 aromatic heterocycles. The smallest absolute Gasteiger partial charge is 0.307 e. The number of fused-ring (bicyclic) bond motifs is 2. The molecule has 182 valence electrons. The number of urea groups is 1. The highest BCUT2D eigenvalue weighted by Crippen LogP contribution is 2.38. The first-order chi connectivity index (χ1) is 15.6. The first-order valence-electron chi connectivity index (χ1n) is 11.7. The van der Waals surface area contributed by atoms with Crippen molar-refractivity contribution in [1.29, 1.82) is 0 Å². The number of benzene rings is 1. The van der Waals surface area contributed by atoms with Crippen LogP contribution in [-0.4, -0.2) is 58.9 Å². The molecule has 0 unspecified atom stereocenters. The molecule has 0 saturated carbocycles. The van der Waals surface area contributed by atoms with Crippen LogP contribution in [-0.2, 0) is 45.5 Å². The van der Waals surface area contributed by atoms with Crippen molar-refractivity contribution in [2.45, 2.75) is 63.8 Å². The van der Waals surface area contributed by atoms with E-state index in [1.807, 2.05) is 0 Å². The van der Waals surface area contributed by atoms with Crippen molar-refractivity contribution < 1.29 is 21.6 Å². The van der Waals surface area contributed by atoms with Crippen molar-refractivity contribution in [2.24, 2.45) is 0 Å². The molecule has 4 rings (SSSR count). The summed E-state index contributed by atoms with van der Waals surface area (Å²) in [6.45, 7) is 1.40. The van der Waals surface area contributed by atoms with Crippen molar-refractivity contribution in [3.05, 3.63) is 39.8 Å². The molecule has 8 nitrogen and oxygen atoms in total. The zero-order valence-electron chi connectivity index (χ0n) is 19.1. The van der Waals surface area contributed by atoms with E-state index in [-0.39, 0.29) is 11.8 Å². The van der Waals surface area contributed by atoms with Crippen LogP contribution in [0.2, 0.25) is 0 Å². The summed E-state index contributed by atoms with van der Waals surface area (Å²) in [6.07, 6.45) is 11.0. The average molecular weight is 496 g/mol. The molecule has 1 saturated heterocycles. The van der Waals surface area contributed by atoms with E-state index in [0.717, 1.165) is 80.1 Å². The standard InChI is InChI=1S/C23H33N3O5S2/c1-32(28,29)14-5-13-26-12-4-8-19(26)11-15-33(30,31)25-23(27)24-22-20-9-2-6-17(20)16-18-7-3-10-21(18)22/h11,15-16,19H,2-10,12-14H2,1H3,(H2,24,25,27)/b15-11+/t19-/m1/s1. The van der Waals surface area contributed by atoms with E-state index in [9.17, 15) is 21.6 Å². The summed E-state index contributed by atoms with van der Waals surface area (Å²) in [5.41, 5.74) is 5.64. The number of hydrogen-bond acceptors (Lipinski definition) is 6. The van der Waals surface area contributed by atoms with Gasteiger partial charge in [0, 0.05) is 23.4 Å². The van der Waals surface area contributed by atoms with Gasteiger partial charge < -0.3 is 5.32 Å². The van der Waals surface area contributed by atoms with Gasteiger partial charge in [-0.3, -0.25) is 4.90 Å². The third kappa shape index (κ3) is 6.16. The molecule has 33 heavy (non-hydrogen) atoms. The van der Waals surface area contributed by atoms with Crippen LogP contribution in [0.15, 0.2) is 17.6 Å². The highest BCUT2D eigenvalue weighted by molar-refractivity contribution is 7.93. The van der Waals surface area contributed by atoms with Gasteiger partial charge in [0.2, 0.25) is 0 Å². The normalized spacial score (nSPS) is 20.8. The fourth-order valence-corrected chi connectivity index (χ4v) is 6.76. The third-order valence-corrected chi connectivity index (χ3v) is 8.82. The van der Waals surface area contributed by atoms with E-state index in [4.69, 9.17) is 0 Å². The van der Waals surface area contributed by atoms with Crippen LogP contribution in [0.1, 0.15) is 54.4 Å². The number of likely N-dealkylation sites (tertiary alicyclic amines) is 1. The maximum Gasteiger partial charge on any atom is 0.333 e. The van der Waals surface area contributed by atoms with E-state index in [2.05, 4.69) is 21.0 Å². The first kappa shape index (κ1) is 24.2. The molecule has 1 aliphatic heterocycles. The van der Waals surface area contributed by atoms with E-state index >= 15 is 0 Å². The molecule has 2 amide bonds. The zero-order chi connectivity index (χ0) is 23.6. The van der Waals surface area contributed by atoms with Crippen LogP contribution in [0, 0.1) is 0 Å². The summed E-state index contributed by atoms with van der Waals surface area (Å²) < 4.78 is 49.9. The molecule has 1 aromatic carbocycles. The van der Waals surface area contributed by atoms with Crippen LogP contribution in [0.5, 0.6) is 0 Å². The van der Waals surface area contributed by atoms with E-state index in [1.54, 1.807) is 6.08 Å². The van der Waals surface area contributed by atoms with Crippen molar-refractivity contribution in [1.82, 2.24) is 9.62 Å². The SMILES string of the molecule is CS(=O)(=O)CCCN1CCC[C@@H]1/C=C/S(=O)(=O)NC(=O)Nc1c2c(cc3c1CCC3)CCC2. The second-order valence-electron chi connectivity index (χ2n) is 9.39. The summed E-state index contributed by atoms with van der Waals surface area (Å²) in [6, 6.07) is 1.45. The predicted molar refractivity (Wildman–Crippen MR) is 130 cm³/mol. The molecule has 10 heteroatoms. The zero-order valence-corrected chi connectivity index (χ0v) is 20.7. The predicted octanol–water partition coefficient (Wildman–Crippen LogP) is 2.53. The highest BCUT2D eigenvalue weighted by Gasteiger charge is 2.26. The number of rotatable bonds is 8. The highest BCUT2D eigenvalue weighted by atomic mass is 32.2. The van der Waals surface area contributed by atoms with Gasteiger partial charge >= 0.3 is 6.03 Å². The Bertz CT molecular complexity index is 1130. The Morgan fingerprint density at radius 3 is 2.36 bits per heavy atom. The van der Waals surface area contributed by atoms with Crippen LogP contribution in [0.3, 0.4) is 0 Å². The number of sulfonamides is 1. The molecular formula is C23H33N3O5S2. The second-order valence-corrected chi connectivity index (χ2v) is 13.2. The number of hydrogen-bond donors (Lipinski definition) is 2. The van der Waals surface area contributed by atoms with Crippen molar-refractivity contribution in [2.75, 3.05) is 30.4 Å². The van der Waals surface area contributed by atoms with E-state index in [0.29, 0.717) is 13.0 Å². The van der Waals surface area contributed by atoms with Gasteiger partial charge in [0.15, 0.2) is 0 Å². The molecule has 1 atom stereocenters. The molecule has 2 N–H and O–H groups in total. The Labute approximate surface area is 196 Å². The quantitative estimate of drug-likeness (QED) is 0.573. The minimum absolute atomic E-state index is 0.0788. The Balaban J connectivity index is 1.37. The fraction of sp³-hybridized carbons (Fsp3) is 0.609. The second kappa shape index (κ2) is 9.76. The fourth-order valence-electron chi connectivity index (χ4n) is 5.34. The summed E-state index contributed by atoms with van der Waals surface area (Å²) in [4.78, 5) is 14.7. The average Bonchev–Trinajstić information content (AvgIpc) is 3.45. The molecule has 1 heterocycles. The lowest BCUT2D eigenvalue weighted by Crippen LogP contribution is -2.34. The van der Waals surface area contributed by atoms with Crippen molar-refractivity contribution in [3.63, 3.8) is 0 Å². The number of nitrogens with zero attached hydrogens (tertiary/aromatic N) is 1. The minimum Gasteiger partial charge on any atom is -0.307 e. The van der Waals surface area contributed by atoms with Gasteiger partial charge in [0.1, 0.15) is 9.84 Å². The van der Waals surface area contributed by atoms with Crippen LogP contribution < -0.4 is 10.0 Å². The Kier molecular flexibility index (Phi) is 7.16. The maximum atomic E-state index is 12.6. The topological polar surface area (TPSA) is 113 Å². The number of amides is 2. The molecule has 0 bridgehead atoms. The maximum absolute atomic E-state index is 12.6. The molecule has 3 aliphatic rings. The van der Waals surface area contributed by atoms with Crippen LogP contribution in [0.25, 0.3) is 0 Å². The van der Waals surface area contributed by atoms with Crippen molar-refractivity contribution >= 4 is 31.6 Å². The number of sulfone groups is 1. The Morgan fingerprint density at radius 2 is 1.73 bits per heavy atom. The van der Waals surface area contributed by atoms with Gasteiger partial charge in [-0.1, -0.05) is 12.1 Å². The summed E-state index contributed by atoms with van der Waals surface area (Å²) >= 11 is 0. The summed E-state index contributed by atoms with van der Waals surface area (Å²) in [5.74, 6) is 0.118. The number of aryl methyl sites for hydroxylation is 2. The monoisotopic (exact) mass is 495 g/mol. The van der Waals surface area contributed by atoms with Gasteiger partial charge in [-0.15, -0.1) is 0 Å². The van der Waals surface area contributed by atoms with Gasteiger partial charge in [-0.2, -0.15) is 0 Å². The molecule has 1 fully saturated rings. The number of anilines is 1. The van der Waals surface area contributed by atoms with Crippen LogP contribution in [0.4, 0.5) is 10.5 Å². The molecule has 2 aliphatic carbocycles. The Morgan fingerprint density at radius 1 is 1.06 bits per heavy atom. The lowest BCUT2D eigenvalue weighted by molar-refractivity contribution is 0.256. The van der Waals surface area contributed by atoms with Crippen molar-refractivity contribution in [3.8, 4) is 0 Å². The minimum atomic E-state index is -3.95. The van der Waals surface area contributed by atoms with Gasteiger partial charge in [0.25, 0.3) is 10.0 Å². The molecule has 0 radical (unpaired) electrons. The summed E-state index contributed by atoms with van der Waals surface area (Å²) in [5, 5.41) is 3.91. The summed E-state index contributed by atoms with van der Waals surface area (Å²) in [7, 11) is -6.96. The number of carbonyl (C=O) groups excluding carboxylic acids is 1. The van der Waals surface area contributed by atoms with Gasteiger partial charge in [-0.25, -0.2) is 26.4 Å². The largest absolute Gasteiger partial charge is 0.333 e. The lowest BCUT2D eigenvalue weighted by Gasteiger charge is -2.21.